The lowest BCUT2D eigenvalue weighted by atomic mass is 10.1. The highest BCUT2D eigenvalue weighted by Crippen LogP contribution is 2.22. The van der Waals surface area contributed by atoms with Gasteiger partial charge in [0.1, 0.15) is 11.9 Å². The van der Waals surface area contributed by atoms with E-state index in [9.17, 15) is 17.6 Å². The van der Waals surface area contributed by atoms with E-state index in [2.05, 4.69) is 15.5 Å². The van der Waals surface area contributed by atoms with Crippen molar-refractivity contribution < 1.29 is 22.1 Å². The molecule has 0 aliphatic rings. The second-order valence-corrected chi connectivity index (χ2v) is 8.67. The van der Waals surface area contributed by atoms with E-state index in [1.54, 1.807) is 0 Å². The molecule has 1 amide bonds. The van der Waals surface area contributed by atoms with Gasteiger partial charge in [0.05, 0.1) is 18.5 Å². The lowest BCUT2D eigenvalue weighted by Crippen LogP contribution is -2.47. The molecule has 0 saturated carbocycles. The maximum atomic E-state index is 13.6. The average Bonchev–Trinajstić information content (AvgIpc) is 3.14. The number of rotatable bonds is 7. The fraction of sp³-hybridized carbons (Fsp3) is 0.250. The molecule has 2 aromatic carbocycles. The summed E-state index contributed by atoms with van der Waals surface area (Å²) in [6.45, 7) is 3.27. The number of hydrogen-bond acceptors (Lipinski definition) is 6. The van der Waals surface area contributed by atoms with Gasteiger partial charge in [-0.3, -0.25) is 9.10 Å². The molecule has 1 aromatic heterocycles. The Morgan fingerprint density at radius 2 is 1.97 bits per heavy atom. The van der Waals surface area contributed by atoms with Crippen LogP contribution in [-0.2, 0) is 21.4 Å². The number of halogens is 1. The zero-order valence-electron chi connectivity index (χ0n) is 16.7. The third-order valence-electron chi connectivity index (χ3n) is 4.31. The minimum Gasteiger partial charge on any atom is -0.345 e. The van der Waals surface area contributed by atoms with Crippen LogP contribution in [0.1, 0.15) is 18.4 Å². The van der Waals surface area contributed by atoms with E-state index < -0.39 is 27.8 Å². The maximum Gasteiger partial charge on any atom is 0.246 e. The van der Waals surface area contributed by atoms with Gasteiger partial charge >= 0.3 is 0 Å². The van der Waals surface area contributed by atoms with E-state index >= 15 is 0 Å². The van der Waals surface area contributed by atoms with Crippen LogP contribution in [0.15, 0.2) is 53.1 Å². The molecule has 0 fully saturated rings. The van der Waals surface area contributed by atoms with Crippen LogP contribution in [0.3, 0.4) is 0 Å². The van der Waals surface area contributed by atoms with Crippen LogP contribution >= 0.6 is 0 Å². The number of nitrogens with one attached hydrogen (secondary N) is 1. The predicted molar refractivity (Wildman–Crippen MR) is 110 cm³/mol. The van der Waals surface area contributed by atoms with E-state index in [4.69, 9.17) is 4.52 Å². The fourth-order valence-corrected chi connectivity index (χ4v) is 4.13. The Hall–Kier alpha value is -3.27. The van der Waals surface area contributed by atoms with Gasteiger partial charge in [0.2, 0.25) is 27.6 Å². The summed E-state index contributed by atoms with van der Waals surface area (Å²) in [6.07, 6.45) is 0.952. The molecule has 0 spiro atoms. The SMILES string of the molecule is Cc1cccc(-c2noc(CNC(=O)C(C)N(c3cccc(F)c3)S(C)(=O)=O)n2)c1. The number of nitrogens with zero attached hydrogens (tertiary/aromatic N) is 3. The number of aryl methyl sites for hydroxylation is 1. The van der Waals surface area contributed by atoms with Crippen LogP contribution in [0.5, 0.6) is 0 Å². The van der Waals surface area contributed by atoms with E-state index in [0.29, 0.717) is 5.82 Å². The zero-order chi connectivity index (χ0) is 21.9. The van der Waals surface area contributed by atoms with Crippen LogP contribution in [0.2, 0.25) is 0 Å². The van der Waals surface area contributed by atoms with E-state index in [1.807, 2.05) is 31.2 Å². The molecule has 8 nitrogen and oxygen atoms in total. The number of amides is 1. The molecule has 1 atom stereocenters. The van der Waals surface area contributed by atoms with E-state index in [0.717, 1.165) is 27.8 Å². The summed E-state index contributed by atoms with van der Waals surface area (Å²) in [5, 5.41) is 6.47. The molecule has 10 heteroatoms. The van der Waals surface area contributed by atoms with Crippen molar-refractivity contribution in [3.8, 4) is 11.4 Å². The van der Waals surface area contributed by atoms with Gasteiger partial charge in [-0.2, -0.15) is 4.98 Å². The van der Waals surface area contributed by atoms with Crippen molar-refractivity contribution in [2.75, 3.05) is 10.6 Å². The molecule has 0 aliphatic heterocycles. The van der Waals surface area contributed by atoms with Crippen molar-refractivity contribution in [3.05, 3.63) is 65.8 Å². The van der Waals surface area contributed by atoms with Crippen LogP contribution in [-0.4, -0.2) is 36.8 Å². The van der Waals surface area contributed by atoms with Crippen LogP contribution in [0, 0.1) is 12.7 Å². The molecule has 3 rings (SSSR count). The third-order valence-corrected chi connectivity index (χ3v) is 5.55. The third kappa shape index (κ3) is 5.01. The van der Waals surface area contributed by atoms with Gasteiger partial charge in [-0.15, -0.1) is 0 Å². The molecule has 1 N–H and O–H groups in total. The summed E-state index contributed by atoms with van der Waals surface area (Å²) in [5.41, 5.74) is 1.87. The van der Waals surface area contributed by atoms with Crippen LogP contribution in [0.4, 0.5) is 10.1 Å². The highest BCUT2D eigenvalue weighted by molar-refractivity contribution is 7.92. The number of hydrogen-bond donors (Lipinski definition) is 1. The lowest BCUT2D eigenvalue weighted by molar-refractivity contribution is -0.122. The Bertz CT molecular complexity index is 1160. The van der Waals surface area contributed by atoms with E-state index in [1.165, 1.54) is 25.1 Å². The summed E-state index contributed by atoms with van der Waals surface area (Å²) >= 11 is 0. The van der Waals surface area contributed by atoms with Crippen molar-refractivity contribution in [2.24, 2.45) is 0 Å². The smallest absolute Gasteiger partial charge is 0.246 e. The fourth-order valence-electron chi connectivity index (χ4n) is 2.96. The van der Waals surface area contributed by atoms with Gasteiger partial charge in [0.15, 0.2) is 0 Å². The highest BCUT2D eigenvalue weighted by atomic mass is 32.2. The van der Waals surface area contributed by atoms with Crippen molar-refractivity contribution in [2.45, 2.75) is 26.4 Å². The predicted octanol–water partition coefficient (Wildman–Crippen LogP) is 2.66. The monoisotopic (exact) mass is 432 g/mol. The summed E-state index contributed by atoms with van der Waals surface area (Å²) < 4.78 is 44.1. The van der Waals surface area contributed by atoms with Gasteiger partial charge in [0, 0.05) is 5.56 Å². The van der Waals surface area contributed by atoms with Gasteiger partial charge < -0.3 is 9.84 Å². The van der Waals surface area contributed by atoms with Crippen LogP contribution in [0.25, 0.3) is 11.4 Å². The minimum atomic E-state index is -3.84. The molecular weight excluding hydrogens is 411 g/mol. The Labute approximate surface area is 173 Å². The first-order valence-corrected chi connectivity index (χ1v) is 10.9. The second kappa shape index (κ2) is 8.62. The van der Waals surface area contributed by atoms with Gasteiger partial charge in [0.25, 0.3) is 0 Å². The number of carbonyl (C=O) groups excluding carboxylic acids is 1. The van der Waals surface area contributed by atoms with Crippen molar-refractivity contribution in [1.82, 2.24) is 15.5 Å². The summed E-state index contributed by atoms with van der Waals surface area (Å²) in [6, 6.07) is 11.5. The molecule has 1 heterocycles. The minimum absolute atomic E-state index is 0.0553. The first-order chi connectivity index (χ1) is 14.1. The standard InChI is InChI=1S/C20H21FN4O4S/c1-13-6-4-7-15(10-13)19-23-18(29-24-19)12-22-20(26)14(2)25(30(3,27)28)17-9-5-8-16(21)11-17/h4-11,14H,12H2,1-3H3,(H,22,26). The number of carbonyl (C=O) groups is 1. The number of anilines is 1. The zero-order valence-corrected chi connectivity index (χ0v) is 17.5. The first-order valence-electron chi connectivity index (χ1n) is 9.07. The summed E-state index contributed by atoms with van der Waals surface area (Å²) in [5.74, 6) is -0.652. The van der Waals surface area contributed by atoms with E-state index in [-0.39, 0.29) is 18.1 Å². The van der Waals surface area contributed by atoms with Gasteiger partial charge in [-0.25, -0.2) is 12.8 Å². The second-order valence-electron chi connectivity index (χ2n) is 6.81. The number of benzene rings is 2. The Morgan fingerprint density at radius 3 is 2.63 bits per heavy atom. The number of aromatic nitrogens is 2. The first kappa shape index (κ1) is 21.4. The molecule has 158 valence electrons. The van der Waals surface area contributed by atoms with Gasteiger partial charge in [-0.05, 0) is 38.1 Å². The van der Waals surface area contributed by atoms with Crippen molar-refractivity contribution in [1.29, 1.82) is 0 Å². The summed E-state index contributed by atoms with van der Waals surface area (Å²) in [7, 11) is -3.84. The van der Waals surface area contributed by atoms with Crippen LogP contribution < -0.4 is 9.62 Å². The number of sulfonamides is 1. The average molecular weight is 432 g/mol. The maximum absolute atomic E-state index is 13.6. The molecule has 30 heavy (non-hydrogen) atoms. The Morgan fingerprint density at radius 1 is 1.23 bits per heavy atom. The highest BCUT2D eigenvalue weighted by Gasteiger charge is 2.29. The molecule has 1 unspecified atom stereocenters. The topological polar surface area (TPSA) is 105 Å². The molecular formula is C20H21FN4O4S. The molecule has 3 aromatic rings. The summed E-state index contributed by atoms with van der Waals surface area (Å²) in [4.78, 5) is 16.8. The largest absolute Gasteiger partial charge is 0.345 e. The molecule has 0 saturated heterocycles. The molecule has 0 bridgehead atoms. The van der Waals surface area contributed by atoms with Crippen molar-refractivity contribution >= 4 is 21.6 Å². The quantitative estimate of drug-likeness (QED) is 0.615. The normalized spacial score (nSPS) is 12.4. The molecule has 0 aliphatic carbocycles. The Kier molecular flexibility index (Phi) is 6.16. The Balaban J connectivity index is 1.72. The van der Waals surface area contributed by atoms with Gasteiger partial charge in [-0.1, -0.05) is 35.0 Å². The molecule has 0 radical (unpaired) electrons. The van der Waals surface area contributed by atoms with Crippen molar-refractivity contribution in [3.63, 3.8) is 0 Å². The lowest BCUT2D eigenvalue weighted by Gasteiger charge is -2.28.